The Bertz CT molecular complexity index is 980. The van der Waals surface area contributed by atoms with E-state index in [9.17, 15) is 23.1 Å². The van der Waals surface area contributed by atoms with Gasteiger partial charge in [-0.25, -0.2) is 4.98 Å². The average molecular weight is 479 g/mol. The molecule has 34 heavy (non-hydrogen) atoms. The van der Waals surface area contributed by atoms with Gasteiger partial charge < -0.3 is 20.5 Å². The van der Waals surface area contributed by atoms with Crippen LogP contribution in [0.3, 0.4) is 0 Å². The van der Waals surface area contributed by atoms with E-state index in [1.165, 1.54) is 28.3 Å². The second kappa shape index (κ2) is 10.7. The first-order valence-electron chi connectivity index (χ1n) is 11.4. The van der Waals surface area contributed by atoms with E-state index in [1.807, 2.05) is 18.2 Å². The van der Waals surface area contributed by atoms with Crippen LogP contribution in [0, 0.1) is 0 Å². The SMILES string of the molecule is O=C(NC[C@@H](O)[C@@H]1Cc2ccccc2CN1)c1ccnc(OC2CCN(CC(F)(F)F)CC2)c1. The highest BCUT2D eigenvalue weighted by atomic mass is 19.4. The largest absolute Gasteiger partial charge is 0.474 e. The maximum atomic E-state index is 12.6. The van der Waals surface area contributed by atoms with Gasteiger partial charge in [0.25, 0.3) is 5.91 Å². The van der Waals surface area contributed by atoms with Crippen molar-refractivity contribution >= 4 is 5.91 Å². The molecule has 3 heterocycles. The van der Waals surface area contributed by atoms with Gasteiger partial charge in [-0.1, -0.05) is 24.3 Å². The molecule has 3 N–H and O–H groups in total. The van der Waals surface area contributed by atoms with Crippen molar-refractivity contribution in [1.82, 2.24) is 20.5 Å². The number of carbonyl (C=O) groups excluding carboxylic acids is 1. The molecule has 7 nitrogen and oxygen atoms in total. The number of hydrogen-bond acceptors (Lipinski definition) is 6. The van der Waals surface area contributed by atoms with Crippen LogP contribution in [0.25, 0.3) is 0 Å². The predicted octanol–water partition coefficient (Wildman–Crippen LogP) is 2.29. The predicted molar refractivity (Wildman–Crippen MR) is 119 cm³/mol. The highest BCUT2D eigenvalue weighted by molar-refractivity contribution is 5.94. The van der Waals surface area contributed by atoms with Crippen molar-refractivity contribution in [2.45, 2.75) is 50.2 Å². The van der Waals surface area contributed by atoms with Crippen molar-refractivity contribution in [3.8, 4) is 5.88 Å². The van der Waals surface area contributed by atoms with Crippen LogP contribution in [-0.4, -0.2) is 71.5 Å². The number of amides is 1. The van der Waals surface area contributed by atoms with Gasteiger partial charge in [-0.3, -0.25) is 9.69 Å². The van der Waals surface area contributed by atoms with E-state index in [2.05, 4.69) is 21.7 Å². The number of aliphatic hydroxyl groups excluding tert-OH is 1. The molecule has 1 aromatic carbocycles. The van der Waals surface area contributed by atoms with E-state index < -0.39 is 18.8 Å². The van der Waals surface area contributed by atoms with Crippen molar-refractivity contribution in [1.29, 1.82) is 0 Å². The van der Waals surface area contributed by atoms with Crippen molar-refractivity contribution in [2.75, 3.05) is 26.2 Å². The smallest absolute Gasteiger partial charge is 0.401 e. The molecular weight excluding hydrogens is 449 g/mol. The molecule has 1 aromatic heterocycles. The van der Waals surface area contributed by atoms with Gasteiger partial charge in [0.15, 0.2) is 0 Å². The van der Waals surface area contributed by atoms with E-state index in [4.69, 9.17) is 4.74 Å². The molecule has 4 rings (SSSR count). The topological polar surface area (TPSA) is 86.7 Å². The highest BCUT2D eigenvalue weighted by Gasteiger charge is 2.33. The summed E-state index contributed by atoms with van der Waals surface area (Å²) in [5.74, 6) is -0.101. The van der Waals surface area contributed by atoms with E-state index in [0.29, 0.717) is 44.5 Å². The van der Waals surface area contributed by atoms with Crippen LogP contribution in [0.2, 0.25) is 0 Å². The third-order valence-electron chi connectivity index (χ3n) is 6.27. The first-order chi connectivity index (χ1) is 16.3. The van der Waals surface area contributed by atoms with Crippen molar-refractivity contribution < 1.29 is 27.8 Å². The number of alkyl halides is 3. The molecule has 184 valence electrons. The number of carbonyl (C=O) groups is 1. The Morgan fingerprint density at radius 3 is 2.71 bits per heavy atom. The lowest BCUT2D eigenvalue weighted by molar-refractivity contribution is -0.149. The molecule has 1 saturated heterocycles. The number of nitrogens with one attached hydrogen (secondary N) is 2. The number of pyridine rings is 1. The number of likely N-dealkylation sites (tertiary alicyclic amines) is 1. The Hall–Kier alpha value is -2.69. The minimum absolute atomic E-state index is 0.0921. The van der Waals surface area contributed by atoms with Crippen LogP contribution in [0.1, 0.15) is 34.3 Å². The summed E-state index contributed by atoms with van der Waals surface area (Å²) in [5.41, 5.74) is 2.75. The number of piperidine rings is 1. The molecule has 0 saturated carbocycles. The first-order valence-corrected chi connectivity index (χ1v) is 11.4. The molecule has 1 amide bonds. The normalized spacial score (nSPS) is 20.4. The van der Waals surface area contributed by atoms with Gasteiger partial charge in [0.1, 0.15) is 6.10 Å². The quantitative estimate of drug-likeness (QED) is 0.566. The summed E-state index contributed by atoms with van der Waals surface area (Å²) in [6, 6.07) is 11.0. The van der Waals surface area contributed by atoms with Gasteiger partial charge in [-0.2, -0.15) is 13.2 Å². The molecule has 0 aliphatic carbocycles. The molecule has 0 radical (unpaired) electrons. The molecule has 1 fully saturated rings. The fourth-order valence-electron chi connectivity index (χ4n) is 4.42. The number of rotatable bonds is 7. The van der Waals surface area contributed by atoms with Gasteiger partial charge in [0, 0.05) is 50.0 Å². The Morgan fingerprint density at radius 1 is 1.24 bits per heavy atom. The monoisotopic (exact) mass is 478 g/mol. The Morgan fingerprint density at radius 2 is 1.97 bits per heavy atom. The third kappa shape index (κ3) is 6.68. The standard InChI is InChI=1S/C24H29F3N4O3/c25-24(26,27)15-31-9-6-19(7-10-31)34-22-12-17(5-8-28-22)23(33)30-14-21(32)20-11-16-3-1-2-4-18(16)13-29-20/h1-5,8,12,19-21,29,32H,6-7,9-11,13-15H2,(H,30,33)/t20-,21+/m0/s1. The molecule has 0 bridgehead atoms. The number of fused-ring (bicyclic) bond motifs is 1. The number of nitrogens with zero attached hydrogens (tertiary/aromatic N) is 2. The minimum atomic E-state index is -4.21. The summed E-state index contributed by atoms with van der Waals surface area (Å²) in [6.07, 6.45) is -2.16. The second-order valence-electron chi connectivity index (χ2n) is 8.83. The second-order valence-corrected chi connectivity index (χ2v) is 8.83. The van der Waals surface area contributed by atoms with Gasteiger partial charge in [0.05, 0.1) is 12.6 Å². The van der Waals surface area contributed by atoms with Crippen molar-refractivity contribution in [3.63, 3.8) is 0 Å². The van der Waals surface area contributed by atoms with E-state index in [0.717, 1.165) is 0 Å². The van der Waals surface area contributed by atoms with Crippen LogP contribution in [0.4, 0.5) is 13.2 Å². The summed E-state index contributed by atoms with van der Waals surface area (Å²) < 4.78 is 43.4. The van der Waals surface area contributed by atoms with Gasteiger partial charge >= 0.3 is 6.18 Å². The van der Waals surface area contributed by atoms with Crippen LogP contribution >= 0.6 is 0 Å². The molecule has 0 spiro atoms. The van der Waals surface area contributed by atoms with Crippen LogP contribution < -0.4 is 15.4 Å². The van der Waals surface area contributed by atoms with E-state index in [1.54, 1.807) is 6.07 Å². The lowest BCUT2D eigenvalue weighted by atomic mass is 9.93. The lowest BCUT2D eigenvalue weighted by Gasteiger charge is -2.32. The fraction of sp³-hybridized carbons (Fsp3) is 0.500. The van der Waals surface area contributed by atoms with E-state index >= 15 is 0 Å². The first kappa shape index (κ1) is 24.4. The van der Waals surface area contributed by atoms with Crippen LogP contribution in [0.15, 0.2) is 42.6 Å². The lowest BCUT2D eigenvalue weighted by Crippen LogP contribution is -2.49. The average Bonchev–Trinajstić information content (AvgIpc) is 2.82. The maximum Gasteiger partial charge on any atom is 0.401 e. The number of benzene rings is 1. The minimum Gasteiger partial charge on any atom is -0.474 e. The molecule has 2 atom stereocenters. The molecular formula is C24H29F3N4O3. The summed E-state index contributed by atoms with van der Waals surface area (Å²) in [6.45, 7) is 0.438. The Labute approximate surface area is 196 Å². The highest BCUT2D eigenvalue weighted by Crippen LogP contribution is 2.22. The number of ether oxygens (including phenoxy) is 1. The number of halogens is 3. The number of hydrogen-bond donors (Lipinski definition) is 3. The van der Waals surface area contributed by atoms with Crippen molar-refractivity contribution in [3.05, 3.63) is 59.3 Å². The van der Waals surface area contributed by atoms with Gasteiger partial charge in [0.2, 0.25) is 5.88 Å². The third-order valence-corrected chi connectivity index (χ3v) is 6.27. The molecule has 2 aliphatic heterocycles. The van der Waals surface area contributed by atoms with Gasteiger partial charge in [-0.15, -0.1) is 0 Å². The zero-order chi connectivity index (χ0) is 24.1. The fourth-order valence-corrected chi connectivity index (χ4v) is 4.42. The molecule has 0 unspecified atom stereocenters. The molecule has 10 heteroatoms. The van der Waals surface area contributed by atoms with Crippen molar-refractivity contribution in [2.24, 2.45) is 0 Å². The summed E-state index contributed by atoms with van der Waals surface area (Å²) in [5, 5.41) is 16.6. The van der Waals surface area contributed by atoms with Crippen LogP contribution in [-0.2, 0) is 13.0 Å². The number of aliphatic hydroxyl groups is 1. The van der Waals surface area contributed by atoms with Gasteiger partial charge in [-0.05, 0) is 36.5 Å². The van der Waals surface area contributed by atoms with E-state index in [-0.39, 0.29) is 30.5 Å². The van der Waals surface area contributed by atoms with Crippen LogP contribution in [0.5, 0.6) is 5.88 Å². The summed E-state index contributed by atoms with van der Waals surface area (Å²) in [7, 11) is 0. The molecule has 2 aliphatic rings. The summed E-state index contributed by atoms with van der Waals surface area (Å²) in [4.78, 5) is 18.1. The zero-order valence-electron chi connectivity index (χ0n) is 18.7. The summed E-state index contributed by atoms with van der Waals surface area (Å²) >= 11 is 0. The zero-order valence-corrected chi connectivity index (χ0v) is 18.7. The number of aromatic nitrogens is 1. The Kier molecular flexibility index (Phi) is 7.70. The Balaban J connectivity index is 1.25. The molecule has 2 aromatic rings. The maximum absolute atomic E-state index is 12.6.